The van der Waals surface area contributed by atoms with E-state index in [0.29, 0.717) is 6.54 Å². The predicted molar refractivity (Wildman–Crippen MR) is 82.9 cm³/mol. The van der Waals surface area contributed by atoms with Crippen molar-refractivity contribution in [3.05, 3.63) is 53.7 Å². The Morgan fingerprint density at radius 2 is 1.80 bits per heavy atom. The molecule has 3 rings (SSSR count). The van der Waals surface area contributed by atoms with Gasteiger partial charge in [-0.1, -0.05) is 18.2 Å². The van der Waals surface area contributed by atoms with Crippen molar-refractivity contribution in [2.24, 2.45) is 5.73 Å². The van der Waals surface area contributed by atoms with Crippen LogP contribution in [0.4, 0.5) is 0 Å². The number of hydrogen-bond acceptors (Lipinski definition) is 2. The van der Waals surface area contributed by atoms with Gasteiger partial charge < -0.3 is 15.5 Å². The minimum Gasteiger partial charge on any atom is -0.497 e. The van der Waals surface area contributed by atoms with Crippen LogP contribution in [0.25, 0.3) is 22.0 Å². The fourth-order valence-electron chi connectivity index (χ4n) is 2.49. The molecule has 20 heavy (non-hydrogen) atoms. The molecular formula is C17H18N2O. The average molecular weight is 266 g/mol. The zero-order chi connectivity index (χ0) is 14.1. The fraction of sp³-hybridized carbons (Fsp3) is 0.176. The Labute approximate surface area is 118 Å². The van der Waals surface area contributed by atoms with Crippen molar-refractivity contribution in [2.45, 2.75) is 13.5 Å². The van der Waals surface area contributed by atoms with E-state index in [1.807, 2.05) is 12.1 Å². The minimum absolute atomic E-state index is 0.563. The van der Waals surface area contributed by atoms with Crippen LogP contribution >= 0.6 is 0 Å². The summed E-state index contributed by atoms with van der Waals surface area (Å²) in [6.07, 6.45) is 0. The monoisotopic (exact) mass is 266 g/mol. The molecule has 0 unspecified atom stereocenters. The number of nitrogens with two attached hydrogens (primary N) is 1. The lowest BCUT2D eigenvalue weighted by Gasteiger charge is -2.04. The first-order valence-corrected chi connectivity index (χ1v) is 6.68. The average Bonchev–Trinajstić information content (AvgIpc) is 2.87. The number of benzene rings is 2. The highest BCUT2D eigenvalue weighted by molar-refractivity contribution is 5.88. The molecule has 102 valence electrons. The molecule has 3 aromatic rings. The third kappa shape index (κ3) is 2.17. The number of hydrogen-bond donors (Lipinski definition) is 2. The first-order valence-electron chi connectivity index (χ1n) is 6.68. The van der Waals surface area contributed by atoms with Gasteiger partial charge in [0.25, 0.3) is 0 Å². The minimum atomic E-state index is 0.563. The Hall–Kier alpha value is -2.26. The second-order valence-electron chi connectivity index (χ2n) is 4.97. The molecule has 0 bridgehead atoms. The molecule has 2 aromatic carbocycles. The first kappa shape index (κ1) is 12.8. The van der Waals surface area contributed by atoms with Crippen LogP contribution in [0.5, 0.6) is 5.75 Å². The van der Waals surface area contributed by atoms with Gasteiger partial charge in [0.15, 0.2) is 0 Å². The highest BCUT2D eigenvalue weighted by Gasteiger charge is 2.06. The van der Waals surface area contributed by atoms with E-state index >= 15 is 0 Å². The topological polar surface area (TPSA) is 51.0 Å². The number of nitrogens with one attached hydrogen (secondary N) is 1. The van der Waals surface area contributed by atoms with E-state index in [0.717, 1.165) is 22.7 Å². The van der Waals surface area contributed by atoms with Gasteiger partial charge in [0.2, 0.25) is 0 Å². The van der Waals surface area contributed by atoms with Crippen LogP contribution in [0.15, 0.2) is 42.5 Å². The van der Waals surface area contributed by atoms with Crippen LogP contribution in [-0.4, -0.2) is 12.1 Å². The Morgan fingerprint density at radius 3 is 2.50 bits per heavy atom. The van der Waals surface area contributed by atoms with E-state index in [9.17, 15) is 0 Å². The van der Waals surface area contributed by atoms with Gasteiger partial charge in [-0.2, -0.15) is 0 Å². The molecule has 3 N–H and O–H groups in total. The molecule has 1 aromatic heterocycles. The quantitative estimate of drug-likeness (QED) is 0.761. The molecule has 0 radical (unpaired) electrons. The van der Waals surface area contributed by atoms with Crippen LogP contribution < -0.4 is 10.5 Å². The molecule has 0 fully saturated rings. The molecule has 1 heterocycles. The Bertz CT molecular complexity index is 759. The van der Waals surface area contributed by atoms with E-state index in [1.165, 1.54) is 16.3 Å². The maximum atomic E-state index is 5.73. The molecule has 3 heteroatoms. The molecular weight excluding hydrogens is 248 g/mol. The van der Waals surface area contributed by atoms with Gasteiger partial charge in [0.1, 0.15) is 5.75 Å². The molecule has 0 amide bonds. The molecule has 0 aliphatic heterocycles. The third-order valence-corrected chi connectivity index (χ3v) is 3.70. The number of aromatic amines is 1. The lowest BCUT2D eigenvalue weighted by Crippen LogP contribution is -1.95. The zero-order valence-corrected chi connectivity index (χ0v) is 11.7. The van der Waals surface area contributed by atoms with Gasteiger partial charge in [0.05, 0.1) is 7.11 Å². The second-order valence-corrected chi connectivity index (χ2v) is 4.97. The van der Waals surface area contributed by atoms with Crippen molar-refractivity contribution in [3.63, 3.8) is 0 Å². The Kier molecular flexibility index (Phi) is 3.20. The predicted octanol–water partition coefficient (Wildman–Crippen LogP) is 3.61. The van der Waals surface area contributed by atoms with Gasteiger partial charge in [-0.3, -0.25) is 0 Å². The summed E-state index contributed by atoms with van der Waals surface area (Å²) in [4.78, 5) is 3.39. The highest BCUT2D eigenvalue weighted by Crippen LogP contribution is 2.27. The summed E-state index contributed by atoms with van der Waals surface area (Å²) in [5, 5.41) is 2.38. The summed E-state index contributed by atoms with van der Waals surface area (Å²) in [7, 11) is 1.69. The van der Waals surface area contributed by atoms with E-state index in [2.05, 4.69) is 42.2 Å². The maximum Gasteiger partial charge on any atom is 0.119 e. The Morgan fingerprint density at radius 1 is 1.05 bits per heavy atom. The molecule has 0 spiro atoms. The third-order valence-electron chi connectivity index (χ3n) is 3.70. The first-order chi connectivity index (χ1) is 9.71. The van der Waals surface area contributed by atoms with Crippen LogP contribution in [0.1, 0.15) is 11.3 Å². The van der Waals surface area contributed by atoms with Gasteiger partial charge >= 0.3 is 0 Å². The van der Waals surface area contributed by atoms with Crippen LogP contribution in [0.2, 0.25) is 0 Å². The molecule has 0 aliphatic rings. The van der Waals surface area contributed by atoms with Gasteiger partial charge in [-0.05, 0) is 53.1 Å². The largest absolute Gasteiger partial charge is 0.497 e. The number of H-pyrrole nitrogens is 1. The summed E-state index contributed by atoms with van der Waals surface area (Å²) >= 11 is 0. The van der Waals surface area contributed by atoms with Crippen molar-refractivity contribution in [2.75, 3.05) is 7.11 Å². The van der Waals surface area contributed by atoms with Gasteiger partial charge in [-0.15, -0.1) is 0 Å². The zero-order valence-electron chi connectivity index (χ0n) is 11.7. The number of rotatable bonds is 3. The summed E-state index contributed by atoms with van der Waals surface area (Å²) in [5.74, 6) is 0.881. The SMILES string of the molecule is COc1ccc2cc(-c3cc(CN)c(C)[nH]3)ccc2c1. The number of methoxy groups -OCH3 is 1. The lowest BCUT2D eigenvalue weighted by atomic mass is 10.0. The highest BCUT2D eigenvalue weighted by atomic mass is 16.5. The van der Waals surface area contributed by atoms with Crippen LogP contribution in [0, 0.1) is 6.92 Å². The van der Waals surface area contributed by atoms with Crippen LogP contribution in [0.3, 0.4) is 0 Å². The van der Waals surface area contributed by atoms with E-state index in [4.69, 9.17) is 10.5 Å². The van der Waals surface area contributed by atoms with E-state index in [-0.39, 0.29) is 0 Å². The molecule has 0 atom stereocenters. The molecule has 0 aliphatic carbocycles. The summed E-state index contributed by atoms with van der Waals surface area (Å²) in [6, 6.07) is 14.7. The fourth-order valence-corrected chi connectivity index (χ4v) is 2.49. The van der Waals surface area contributed by atoms with E-state index in [1.54, 1.807) is 7.11 Å². The maximum absolute atomic E-state index is 5.73. The molecule has 0 saturated carbocycles. The molecule has 0 saturated heterocycles. The Balaban J connectivity index is 2.08. The van der Waals surface area contributed by atoms with Gasteiger partial charge in [-0.25, -0.2) is 0 Å². The summed E-state index contributed by atoms with van der Waals surface area (Å²) in [5.41, 5.74) is 10.3. The van der Waals surface area contributed by atoms with Gasteiger partial charge in [0, 0.05) is 17.9 Å². The van der Waals surface area contributed by atoms with Crippen molar-refractivity contribution >= 4 is 10.8 Å². The number of ether oxygens (including phenoxy) is 1. The smallest absolute Gasteiger partial charge is 0.119 e. The standard InChI is InChI=1S/C17H18N2O/c1-11-15(10-18)9-17(19-11)14-4-3-13-8-16(20-2)6-5-12(13)7-14/h3-9,19H,10,18H2,1-2H3. The van der Waals surface area contributed by atoms with Crippen molar-refractivity contribution in [1.82, 2.24) is 4.98 Å². The lowest BCUT2D eigenvalue weighted by molar-refractivity contribution is 0.415. The number of fused-ring (bicyclic) bond motifs is 1. The van der Waals surface area contributed by atoms with Crippen molar-refractivity contribution in [3.8, 4) is 17.0 Å². The summed E-state index contributed by atoms with van der Waals surface area (Å²) < 4.78 is 5.25. The van der Waals surface area contributed by atoms with Crippen molar-refractivity contribution < 1.29 is 4.74 Å². The molecule has 3 nitrogen and oxygen atoms in total. The normalized spacial score (nSPS) is 10.9. The number of aromatic nitrogens is 1. The van der Waals surface area contributed by atoms with Crippen molar-refractivity contribution in [1.29, 1.82) is 0 Å². The second kappa shape index (κ2) is 5.02. The van der Waals surface area contributed by atoms with Crippen LogP contribution in [-0.2, 0) is 6.54 Å². The number of aryl methyl sites for hydroxylation is 1. The summed E-state index contributed by atoms with van der Waals surface area (Å²) in [6.45, 7) is 2.62. The van der Waals surface area contributed by atoms with E-state index < -0.39 is 0 Å².